The maximum Gasteiger partial charge on any atom is 0.349 e. The third kappa shape index (κ3) is 4.98. The lowest BCUT2D eigenvalue weighted by molar-refractivity contribution is -0.907. The smallest absolute Gasteiger partial charge is 0.349 e. The first-order chi connectivity index (χ1) is 10.2. The second-order valence-corrected chi connectivity index (χ2v) is 5.44. The number of likely N-dealkylation sites (N-methyl/N-ethyl adjacent to an activating group) is 1. The average molecular weight is 317 g/mol. The minimum absolute atomic E-state index is 0.0806. The fourth-order valence-corrected chi connectivity index (χ4v) is 2.18. The first-order valence-corrected chi connectivity index (χ1v) is 7.68. The highest BCUT2D eigenvalue weighted by atomic mass is 16.6. The van der Waals surface area contributed by atoms with E-state index in [2.05, 4.69) is 5.32 Å². The van der Waals surface area contributed by atoms with Gasteiger partial charge >= 0.3 is 11.9 Å². The lowest BCUT2D eigenvalue weighted by atomic mass is 9.97. The van der Waals surface area contributed by atoms with Gasteiger partial charge in [0, 0.05) is 6.92 Å². The van der Waals surface area contributed by atoms with Crippen LogP contribution < -0.4 is 5.32 Å². The van der Waals surface area contributed by atoms with Gasteiger partial charge in [0.2, 0.25) is 5.91 Å². The largest absolute Gasteiger partial charge is 0.464 e. The summed E-state index contributed by atoms with van der Waals surface area (Å²) in [7, 11) is 1.91. The summed E-state index contributed by atoms with van der Waals surface area (Å²) in [6.07, 6.45) is 0. The zero-order valence-corrected chi connectivity index (χ0v) is 14.5. The van der Waals surface area contributed by atoms with Gasteiger partial charge in [-0.2, -0.15) is 0 Å². The summed E-state index contributed by atoms with van der Waals surface area (Å²) < 4.78 is 10.5. The number of hydrogen-bond acceptors (Lipinski definition) is 5. The van der Waals surface area contributed by atoms with Crippen molar-refractivity contribution in [2.45, 2.75) is 40.2 Å². The molecular formula is C15H29N2O5+. The van der Waals surface area contributed by atoms with Crippen LogP contribution in [0.25, 0.3) is 0 Å². The van der Waals surface area contributed by atoms with Gasteiger partial charge in [-0.3, -0.25) is 4.79 Å². The fraction of sp³-hybridized carbons (Fsp3) is 0.800. The van der Waals surface area contributed by atoms with Gasteiger partial charge in [0.1, 0.15) is 6.54 Å². The van der Waals surface area contributed by atoms with Gasteiger partial charge in [0.25, 0.3) is 5.54 Å². The molecule has 7 heteroatoms. The number of quaternary nitrogens is 1. The molecule has 0 bridgehead atoms. The molecule has 0 aliphatic rings. The molecule has 0 heterocycles. The lowest BCUT2D eigenvalue weighted by Gasteiger charge is -2.39. The van der Waals surface area contributed by atoms with Gasteiger partial charge in [-0.25, -0.2) is 9.59 Å². The summed E-state index contributed by atoms with van der Waals surface area (Å²) in [6.45, 7) is 10.2. The topological polar surface area (TPSA) is 81.7 Å². The van der Waals surface area contributed by atoms with Crippen LogP contribution in [0.2, 0.25) is 0 Å². The first kappa shape index (κ1) is 20.4. The van der Waals surface area contributed by atoms with Crippen LogP contribution in [0, 0.1) is 0 Å². The standard InChI is InChI=1S/C15H28N2O5/c1-7-17(6,8-2)11-15(16-12(5)18,13(19)21-9-3)14(20)22-10-4/h7-11H2,1-6H3/p+1. The molecule has 0 aliphatic carbocycles. The minimum atomic E-state index is -1.82. The number of ether oxygens (including phenoxy) is 2. The second-order valence-electron chi connectivity index (χ2n) is 5.44. The third-order valence-corrected chi connectivity index (χ3v) is 3.78. The Balaban J connectivity index is 5.88. The number of amides is 1. The van der Waals surface area contributed by atoms with E-state index in [1.807, 2.05) is 20.9 Å². The molecule has 0 saturated heterocycles. The van der Waals surface area contributed by atoms with Crippen LogP contribution in [-0.4, -0.2) is 67.8 Å². The summed E-state index contributed by atoms with van der Waals surface area (Å²) >= 11 is 0. The third-order valence-electron chi connectivity index (χ3n) is 3.78. The van der Waals surface area contributed by atoms with E-state index < -0.39 is 23.4 Å². The molecule has 0 saturated carbocycles. The van der Waals surface area contributed by atoms with Crippen LogP contribution in [0.15, 0.2) is 0 Å². The predicted octanol–water partition coefficient (Wildman–Crippen LogP) is 0.474. The molecule has 7 nitrogen and oxygen atoms in total. The Bertz CT molecular complexity index is 387. The van der Waals surface area contributed by atoms with Gasteiger partial charge in [-0.15, -0.1) is 0 Å². The molecule has 0 aromatic rings. The molecule has 0 rings (SSSR count). The molecule has 1 N–H and O–H groups in total. The van der Waals surface area contributed by atoms with Crippen molar-refractivity contribution in [2.24, 2.45) is 0 Å². The van der Waals surface area contributed by atoms with Crippen molar-refractivity contribution >= 4 is 17.8 Å². The van der Waals surface area contributed by atoms with E-state index in [1.165, 1.54) is 6.92 Å². The monoisotopic (exact) mass is 317 g/mol. The number of nitrogens with one attached hydrogen (secondary N) is 1. The zero-order valence-electron chi connectivity index (χ0n) is 14.5. The molecule has 22 heavy (non-hydrogen) atoms. The van der Waals surface area contributed by atoms with E-state index in [4.69, 9.17) is 9.47 Å². The van der Waals surface area contributed by atoms with Gasteiger partial charge in [-0.1, -0.05) is 0 Å². The summed E-state index contributed by atoms with van der Waals surface area (Å²) in [5.74, 6) is -2.05. The highest BCUT2D eigenvalue weighted by Crippen LogP contribution is 2.18. The molecule has 0 aromatic heterocycles. The number of nitrogens with zero attached hydrogens (tertiary/aromatic N) is 1. The molecule has 0 aromatic carbocycles. The van der Waals surface area contributed by atoms with Crippen molar-refractivity contribution in [1.82, 2.24) is 5.32 Å². The molecule has 0 atom stereocenters. The van der Waals surface area contributed by atoms with Crippen LogP contribution in [0.5, 0.6) is 0 Å². The summed E-state index contributed by atoms with van der Waals surface area (Å²) in [5, 5.41) is 2.48. The fourth-order valence-electron chi connectivity index (χ4n) is 2.18. The van der Waals surface area contributed by atoms with E-state index in [0.29, 0.717) is 17.6 Å². The quantitative estimate of drug-likeness (QED) is 0.380. The molecule has 0 fully saturated rings. The Morgan fingerprint density at radius 3 is 1.64 bits per heavy atom. The molecule has 1 amide bonds. The van der Waals surface area contributed by atoms with E-state index in [-0.39, 0.29) is 19.8 Å². The van der Waals surface area contributed by atoms with Crippen molar-refractivity contribution in [3.05, 3.63) is 0 Å². The maximum atomic E-state index is 12.5. The molecular weight excluding hydrogens is 288 g/mol. The summed E-state index contributed by atoms with van der Waals surface area (Å²) in [5.41, 5.74) is -1.82. The Morgan fingerprint density at radius 2 is 1.36 bits per heavy atom. The van der Waals surface area contributed by atoms with Crippen LogP contribution in [-0.2, 0) is 23.9 Å². The number of esters is 2. The number of rotatable bonds is 9. The Hall–Kier alpha value is -1.63. The first-order valence-electron chi connectivity index (χ1n) is 7.68. The van der Waals surface area contributed by atoms with E-state index >= 15 is 0 Å². The second kappa shape index (κ2) is 8.73. The molecule has 0 radical (unpaired) electrons. The molecule has 0 unspecified atom stereocenters. The normalized spacial score (nSPS) is 11.7. The Labute approximate surface area is 132 Å². The van der Waals surface area contributed by atoms with E-state index in [0.717, 1.165) is 0 Å². The maximum absolute atomic E-state index is 12.5. The van der Waals surface area contributed by atoms with Crippen molar-refractivity contribution in [3.8, 4) is 0 Å². The van der Waals surface area contributed by atoms with Gasteiger partial charge in [-0.05, 0) is 27.7 Å². The minimum Gasteiger partial charge on any atom is -0.464 e. The van der Waals surface area contributed by atoms with Crippen LogP contribution in [0.1, 0.15) is 34.6 Å². The zero-order chi connectivity index (χ0) is 17.4. The van der Waals surface area contributed by atoms with Crippen molar-refractivity contribution in [3.63, 3.8) is 0 Å². The average Bonchev–Trinajstić information content (AvgIpc) is 2.46. The molecule has 0 aliphatic heterocycles. The predicted molar refractivity (Wildman–Crippen MR) is 81.9 cm³/mol. The van der Waals surface area contributed by atoms with Crippen LogP contribution in [0.4, 0.5) is 0 Å². The highest BCUT2D eigenvalue weighted by molar-refractivity contribution is 6.07. The summed E-state index contributed by atoms with van der Waals surface area (Å²) in [6, 6.07) is 0. The van der Waals surface area contributed by atoms with Crippen LogP contribution in [0.3, 0.4) is 0 Å². The van der Waals surface area contributed by atoms with Crippen molar-refractivity contribution in [2.75, 3.05) is 39.9 Å². The SMILES string of the molecule is CCOC(=O)C(C[N+](C)(CC)CC)(NC(C)=O)C(=O)OCC. The van der Waals surface area contributed by atoms with E-state index in [1.54, 1.807) is 13.8 Å². The van der Waals surface area contributed by atoms with Gasteiger partial charge in [0.15, 0.2) is 0 Å². The van der Waals surface area contributed by atoms with Crippen molar-refractivity contribution in [1.29, 1.82) is 0 Å². The van der Waals surface area contributed by atoms with Gasteiger partial charge < -0.3 is 19.3 Å². The molecule has 128 valence electrons. The number of hydrogen-bond donors (Lipinski definition) is 1. The van der Waals surface area contributed by atoms with E-state index in [9.17, 15) is 14.4 Å². The highest BCUT2D eigenvalue weighted by Gasteiger charge is 2.55. The van der Waals surface area contributed by atoms with Gasteiger partial charge in [0.05, 0.1) is 33.4 Å². The number of carbonyl (C=O) groups excluding carboxylic acids is 3. The van der Waals surface area contributed by atoms with Crippen molar-refractivity contribution < 1.29 is 28.3 Å². The lowest BCUT2D eigenvalue weighted by Crippen LogP contribution is -2.69. The van der Waals surface area contributed by atoms with Crippen LogP contribution >= 0.6 is 0 Å². The molecule has 0 spiro atoms. The summed E-state index contributed by atoms with van der Waals surface area (Å²) in [4.78, 5) is 36.6. The Kier molecular flexibility index (Phi) is 8.08. The number of carbonyl (C=O) groups is 3. The Morgan fingerprint density at radius 1 is 0.955 bits per heavy atom.